The second-order valence-electron chi connectivity index (χ2n) is 13.5. The van der Waals surface area contributed by atoms with Crippen LogP contribution in [0.15, 0.2) is 77.8 Å². The number of rotatable bonds is 11. The van der Waals surface area contributed by atoms with Crippen molar-refractivity contribution >= 4 is 51.9 Å². The van der Waals surface area contributed by atoms with Gasteiger partial charge in [-0.25, -0.2) is 4.39 Å². The minimum absolute atomic E-state index is 0.0102. The Labute approximate surface area is 303 Å². The van der Waals surface area contributed by atoms with Gasteiger partial charge in [-0.3, -0.25) is 19.6 Å². The van der Waals surface area contributed by atoms with Gasteiger partial charge < -0.3 is 19.7 Å². The Kier molecular flexibility index (Phi) is 11.4. The minimum Gasteiger partial charge on any atom is -0.392 e. The van der Waals surface area contributed by atoms with Gasteiger partial charge in [0.2, 0.25) is 5.91 Å². The van der Waals surface area contributed by atoms with Crippen LogP contribution >= 0.6 is 23.2 Å². The molecule has 50 heavy (non-hydrogen) atoms. The Morgan fingerprint density at radius 3 is 2.54 bits per heavy atom. The average molecular weight is 721 g/mol. The van der Waals surface area contributed by atoms with Gasteiger partial charge in [0.15, 0.2) is 0 Å². The lowest BCUT2D eigenvalue weighted by molar-refractivity contribution is -0.129. The van der Waals surface area contributed by atoms with E-state index in [9.17, 15) is 19.4 Å². The van der Waals surface area contributed by atoms with E-state index in [1.807, 2.05) is 36.4 Å². The molecule has 6 rings (SSSR count). The number of hydrogen-bond acceptors (Lipinski definition) is 6. The first-order valence-corrected chi connectivity index (χ1v) is 17.9. The molecule has 1 unspecified atom stereocenters. The molecule has 1 aromatic heterocycles. The number of nitrogens with zero attached hydrogens (tertiary/aromatic N) is 5. The minimum atomic E-state index is -1.06. The summed E-state index contributed by atoms with van der Waals surface area (Å²) in [5.74, 6) is 0.172. The van der Waals surface area contributed by atoms with Crippen LogP contribution in [0.2, 0.25) is 10.0 Å². The summed E-state index contributed by atoms with van der Waals surface area (Å²) in [5.41, 5.74) is 4.66. The number of aliphatic hydroxyl groups excluding tert-OH is 2. The van der Waals surface area contributed by atoms with E-state index in [0.717, 1.165) is 46.4 Å². The molecule has 1 saturated heterocycles. The van der Waals surface area contributed by atoms with Crippen LogP contribution in [0.5, 0.6) is 0 Å². The zero-order valence-electron chi connectivity index (χ0n) is 28.6. The molecule has 8 nitrogen and oxygen atoms in total. The topological polar surface area (TPSA) is 84.5 Å². The van der Waals surface area contributed by atoms with E-state index in [4.69, 9.17) is 28.2 Å². The maximum atomic E-state index is 13.8. The number of hydrogen-bond donors (Lipinski definition) is 2. The van der Waals surface area contributed by atoms with E-state index >= 15 is 0 Å². The summed E-state index contributed by atoms with van der Waals surface area (Å²) in [6.45, 7) is 8.08. The molecule has 4 aromatic rings. The highest BCUT2D eigenvalue weighted by Crippen LogP contribution is 2.38. The highest BCUT2D eigenvalue weighted by molar-refractivity contribution is 6.35. The summed E-state index contributed by atoms with van der Waals surface area (Å²) in [4.78, 5) is 24.6. The number of benzene rings is 3. The van der Waals surface area contributed by atoms with Crippen molar-refractivity contribution in [1.82, 2.24) is 19.3 Å². The first kappa shape index (κ1) is 36.2. The van der Waals surface area contributed by atoms with Gasteiger partial charge in [0.25, 0.3) is 0 Å². The fraction of sp³-hybridized carbons (Fsp3) is 0.385. The standard InChI is InChI=1S/C39H44Cl2FN5O3/c1-25(2)47-34-7-5-4-6-32(34)38(26-9-12-29(42)13-10-26)35(47)15-14-30(48)21-31(49)22-37(50)46-17-16-43-39(46)36-24-44(3)18-19-45(36)23-27-8-11-28(40)20-33(27)41/h4-15,20,25,30-31,36,48-49H,16-19,21-24H2,1-3H3/b15-14+/t30-,31-,36?/m0/s1. The Morgan fingerprint density at radius 1 is 1.04 bits per heavy atom. The summed E-state index contributed by atoms with van der Waals surface area (Å²) < 4.78 is 16.0. The maximum absolute atomic E-state index is 13.8. The molecule has 0 aliphatic carbocycles. The Balaban J connectivity index is 1.15. The third-order valence-electron chi connectivity index (χ3n) is 9.55. The van der Waals surface area contributed by atoms with Crippen LogP contribution in [0.4, 0.5) is 4.39 Å². The van der Waals surface area contributed by atoms with Crippen molar-refractivity contribution in [3.8, 4) is 11.1 Å². The molecular formula is C39H44Cl2FN5O3. The molecule has 2 N–H and O–H groups in total. The van der Waals surface area contributed by atoms with Gasteiger partial charge in [0.05, 0.1) is 31.2 Å². The third-order valence-corrected chi connectivity index (χ3v) is 10.1. The first-order valence-electron chi connectivity index (χ1n) is 17.1. The van der Waals surface area contributed by atoms with Crippen molar-refractivity contribution in [1.29, 1.82) is 0 Å². The van der Waals surface area contributed by atoms with E-state index in [-0.39, 0.29) is 36.6 Å². The second-order valence-corrected chi connectivity index (χ2v) is 14.4. The number of carbonyl (C=O) groups excluding carboxylic acids is 1. The average Bonchev–Trinajstić information content (AvgIpc) is 3.69. The summed E-state index contributed by atoms with van der Waals surface area (Å²) in [7, 11) is 2.06. The molecule has 0 saturated carbocycles. The van der Waals surface area contributed by atoms with Gasteiger partial charge in [0.1, 0.15) is 11.7 Å². The Bertz CT molecular complexity index is 1890. The van der Waals surface area contributed by atoms with Crippen LogP contribution in [0.25, 0.3) is 28.1 Å². The predicted molar refractivity (Wildman–Crippen MR) is 200 cm³/mol. The number of aromatic nitrogens is 1. The number of piperazine rings is 1. The predicted octanol–water partition coefficient (Wildman–Crippen LogP) is 6.91. The molecule has 0 bridgehead atoms. The van der Waals surface area contributed by atoms with Crippen molar-refractivity contribution in [2.75, 3.05) is 39.8 Å². The summed E-state index contributed by atoms with van der Waals surface area (Å²) in [5, 5.41) is 24.3. The van der Waals surface area contributed by atoms with Gasteiger partial charge in [0, 0.05) is 77.4 Å². The molecule has 2 aliphatic rings. The quantitative estimate of drug-likeness (QED) is 0.176. The van der Waals surface area contributed by atoms with E-state index < -0.39 is 12.2 Å². The normalized spacial score (nSPS) is 18.8. The number of halogens is 3. The molecule has 11 heteroatoms. The number of carbonyl (C=O) groups is 1. The number of aliphatic imine (C=N–C) groups is 1. The van der Waals surface area contributed by atoms with Gasteiger partial charge in [-0.1, -0.05) is 65.7 Å². The molecule has 264 valence electrons. The van der Waals surface area contributed by atoms with Crippen LogP contribution < -0.4 is 0 Å². The largest absolute Gasteiger partial charge is 0.392 e. The van der Waals surface area contributed by atoms with Crippen molar-refractivity contribution in [3.05, 3.63) is 99.9 Å². The fourth-order valence-corrected chi connectivity index (χ4v) is 7.61. The fourth-order valence-electron chi connectivity index (χ4n) is 7.14. The van der Waals surface area contributed by atoms with Crippen molar-refractivity contribution in [2.45, 2.75) is 57.5 Å². The van der Waals surface area contributed by atoms with Gasteiger partial charge in [-0.2, -0.15) is 0 Å². The van der Waals surface area contributed by atoms with E-state index in [1.54, 1.807) is 29.2 Å². The highest BCUT2D eigenvalue weighted by atomic mass is 35.5. The van der Waals surface area contributed by atoms with Crippen molar-refractivity contribution < 1.29 is 19.4 Å². The zero-order valence-corrected chi connectivity index (χ0v) is 30.2. The van der Waals surface area contributed by atoms with Crippen molar-refractivity contribution in [2.24, 2.45) is 4.99 Å². The number of amides is 1. The molecule has 1 fully saturated rings. The lowest BCUT2D eigenvalue weighted by atomic mass is 10.0. The van der Waals surface area contributed by atoms with Crippen LogP contribution in [0.1, 0.15) is 44.0 Å². The summed E-state index contributed by atoms with van der Waals surface area (Å²) >= 11 is 12.6. The van der Waals surface area contributed by atoms with Crippen LogP contribution in [-0.4, -0.2) is 99.2 Å². The molecule has 0 spiro atoms. The number of para-hydroxylation sites is 1. The molecule has 3 atom stereocenters. The molecule has 1 amide bonds. The Hall–Kier alpha value is -3.57. The zero-order chi connectivity index (χ0) is 35.5. The number of fused-ring (bicyclic) bond motifs is 1. The Morgan fingerprint density at radius 2 is 1.80 bits per heavy atom. The maximum Gasteiger partial charge on any atom is 0.230 e. The molecule has 3 aromatic carbocycles. The first-order chi connectivity index (χ1) is 24.0. The smallest absolute Gasteiger partial charge is 0.230 e. The monoisotopic (exact) mass is 719 g/mol. The van der Waals surface area contributed by atoms with E-state index in [0.29, 0.717) is 42.1 Å². The summed E-state index contributed by atoms with van der Waals surface area (Å²) in [6.07, 6.45) is 1.32. The number of amidine groups is 1. The van der Waals surface area contributed by atoms with Crippen molar-refractivity contribution in [3.63, 3.8) is 0 Å². The second kappa shape index (κ2) is 15.8. The van der Waals surface area contributed by atoms with Crippen LogP contribution in [0.3, 0.4) is 0 Å². The van der Waals surface area contributed by atoms with Gasteiger partial charge >= 0.3 is 0 Å². The molecule has 3 heterocycles. The number of likely N-dealkylation sites (N-methyl/N-ethyl adjacent to an activating group) is 1. The lowest BCUT2D eigenvalue weighted by Crippen LogP contribution is -2.58. The van der Waals surface area contributed by atoms with Gasteiger partial charge in [-0.05, 0) is 68.4 Å². The highest BCUT2D eigenvalue weighted by Gasteiger charge is 2.37. The van der Waals surface area contributed by atoms with E-state index in [1.165, 1.54) is 12.1 Å². The number of aliphatic hydroxyl groups is 2. The van der Waals surface area contributed by atoms with E-state index in [2.05, 4.69) is 41.3 Å². The lowest BCUT2D eigenvalue weighted by Gasteiger charge is -2.41. The molecule has 0 radical (unpaired) electrons. The SMILES string of the molecule is CC(C)n1c(/C=C/[C@H](O)C[C@H](O)CC(=O)N2CCN=C2C2CN(C)CCN2Cc2ccc(Cl)cc2Cl)c(-c2ccc(F)cc2)c2ccccc21. The van der Waals surface area contributed by atoms with Crippen LogP contribution in [0, 0.1) is 5.82 Å². The van der Waals surface area contributed by atoms with Crippen LogP contribution in [-0.2, 0) is 11.3 Å². The molecule has 2 aliphatic heterocycles. The molecular weight excluding hydrogens is 676 g/mol. The van der Waals surface area contributed by atoms with Gasteiger partial charge in [-0.15, -0.1) is 0 Å². The third kappa shape index (κ3) is 7.99. The summed E-state index contributed by atoms with van der Waals surface area (Å²) in [6, 6.07) is 20.0.